The smallest absolute Gasteiger partial charge is 0.343 e. The Morgan fingerprint density at radius 3 is 1.74 bits per heavy atom. The second-order valence-corrected chi connectivity index (χ2v) is 15.7. The van der Waals surface area contributed by atoms with Gasteiger partial charge in [-0.2, -0.15) is 0 Å². The molecule has 0 aliphatic carbocycles. The van der Waals surface area contributed by atoms with Crippen LogP contribution in [0.2, 0.25) is 0 Å². The van der Waals surface area contributed by atoms with Crippen LogP contribution in [0, 0.1) is 18.2 Å². The summed E-state index contributed by atoms with van der Waals surface area (Å²) >= 11 is 0. The van der Waals surface area contributed by atoms with E-state index in [0.717, 1.165) is 5.56 Å². The molecule has 0 N–H and O–H groups in total. The molecule has 65 heavy (non-hydrogen) atoms. The molecule has 5 aromatic carbocycles. The molecule has 11 nitrogen and oxygen atoms in total. The van der Waals surface area contributed by atoms with Gasteiger partial charge in [0, 0.05) is 33.8 Å². The zero-order valence-corrected chi connectivity index (χ0v) is 36.9. The van der Waals surface area contributed by atoms with E-state index in [4.69, 9.17) is 28.4 Å². The molecule has 0 bridgehead atoms. The van der Waals surface area contributed by atoms with E-state index in [1.165, 1.54) is 55.5 Å². The maximum absolute atomic E-state index is 15.5. The van der Waals surface area contributed by atoms with Crippen LogP contribution in [0.25, 0.3) is 28.3 Å². The quantitative estimate of drug-likeness (QED) is 0.0444. The van der Waals surface area contributed by atoms with E-state index < -0.39 is 41.1 Å². The standard InChI is InChI=1S/C53H49FO11/c1-33(2)49(56)61-31-53(8,32-62-50(57)34(3)4)27-28-60-42-19-14-38(15-20-42)41-18-24-45(46(54)30-41)39-12-9-37(10-13-39)11-26-48(55)65-47-25-23-44(29-36(47)7)64-52(59)40-16-21-43(22-17-40)63-51(58)35(5)6/h9-26,29-30H,1,3,5,27-28,31-32H2,2,4,6-8H3/b26-11+. The first-order valence-electron chi connectivity index (χ1n) is 20.4. The Morgan fingerprint density at radius 2 is 1.17 bits per heavy atom. The summed E-state index contributed by atoms with van der Waals surface area (Å²) in [6.07, 6.45) is 3.25. The average Bonchev–Trinajstić information content (AvgIpc) is 3.28. The molecule has 0 aliphatic heterocycles. The molecular weight excluding hydrogens is 832 g/mol. The van der Waals surface area contributed by atoms with E-state index in [-0.39, 0.29) is 59.4 Å². The summed E-state index contributed by atoms with van der Waals surface area (Å²) in [6, 6.07) is 29.7. The third-order valence-electron chi connectivity index (χ3n) is 9.78. The minimum atomic E-state index is -0.733. The van der Waals surface area contributed by atoms with Gasteiger partial charge in [0.2, 0.25) is 0 Å². The number of carbonyl (C=O) groups excluding carboxylic acids is 5. The zero-order chi connectivity index (χ0) is 47.3. The minimum absolute atomic E-state index is 0.00849. The summed E-state index contributed by atoms with van der Waals surface area (Å²) in [7, 11) is 0. The van der Waals surface area contributed by atoms with Gasteiger partial charge in [0.05, 0.1) is 12.2 Å². The molecule has 0 atom stereocenters. The summed E-state index contributed by atoms with van der Waals surface area (Å²) in [4.78, 5) is 61.2. The molecule has 0 aliphatic rings. The number of hydrogen-bond donors (Lipinski definition) is 0. The SMILES string of the molecule is C=C(C)C(=O)OCC(C)(CCOc1ccc(-c2ccc(-c3ccc(/C=C/C(=O)Oc4ccc(OC(=O)c5ccc(OC(=O)C(=C)C)cc5)cc4C)cc3)c(F)c2)cc1)COC(=O)C(=C)C. The monoisotopic (exact) mass is 880 g/mol. The first-order chi connectivity index (χ1) is 30.9. The highest BCUT2D eigenvalue weighted by atomic mass is 19.1. The highest BCUT2D eigenvalue weighted by Crippen LogP contribution is 2.31. The van der Waals surface area contributed by atoms with Crippen molar-refractivity contribution in [2.24, 2.45) is 5.41 Å². The molecule has 0 spiro atoms. The van der Waals surface area contributed by atoms with E-state index in [1.54, 1.807) is 75.4 Å². The highest BCUT2D eigenvalue weighted by molar-refractivity contribution is 5.92. The van der Waals surface area contributed by atoms with Gasteiger partial charge < -0.3 is 28.4 Å². The van der Waals surface area contributed by atoms with Gasteiger partial charge in [-0.1, -0.05) is 75.2 Å². The van der Waals surface area contributed by atoms with Crippen LogP contribution in [0.5, 0.6) is 23.0 Å². The van der Waals surface area contributed by atoms with E-state index in [1.807, 2.05) is 25.1 Å². The minimum Gasteiger partial charge on any atom is -0.494 e. The fraction of sp³-hybridized carbons (Fsp3) is 0.189. The lowest BCUT2D eigenvalue weighted by Gasteiger charge is -2.28. The zero-order valence-electron chi connectivity index (χ0n) is 36.9. The summed E-state index contributed by atoms with van der Waals surface area (Å²) in [5.74, 6) is -1.98. The predicted molar refractivity (Wildman–Crippen MR) is 245 cm³/mol. The molecule has 0 radical (unpaired) electrons. The van der Waals surface area contributed by atoms with E-state index >= 15 is 4.39 Å². The number of carbonyl (C=O) groups is 5. The van der Waals surface area contributed by atoms with Crippen LogP contribution >= 0.6 is 0 Å². The fourth-order valence-corrected chi connectivity index (χ4v) is 5.90. The number of hydrogen-bond acceptors (Lipinski definition) is 11. The topological polar surface area (TPSA) is 141 Å². The number of esters is 5. The number of ether oxygens (including phenoxy) is 6. The molecule has 0 unspecified atom stereocenters. The molecule has 0 aromatic heterocycles. The van der Waals surface area contributed by atoms with Crippen LogP contribution < -0.4 is 18.9 Å². The second-order valence-electron chi connectivity index (χ2n) is 15.7. The molecule has 0 fully saturated rings. The Hall–Kier alpha value is -7.86. The van der Waals surface area contributed by atoms with E-state index in [0.29, 0.717) is 40.0 Å². The number of rotatable bonds is 19. The maximum atomic E-state index is 15.5. The molecule has 12 heteroatoms. The Labute approximate surface area is 377 Å². The van der Waals surface area contributed by atoms with E-state index in [9.17, 15) is 24.0 Å². The fourth-order valence-electron chi connectivity index (χ4n) is 5.90. The van der Waals surface area contributed by atoms with Crippen molar-refractivity contribution in [2.45, 2.75) is 41.0 Å². The Balaban J connectivity index is 1.12. The van der Waals surface area contributed by atoms with Gasteiger partial charge in [-0.15, -0.1) is 0 Å². The number of benzene rings is 5. The van der Waals surface area contributed by atoms with Gasteiger partial charge in [-0.25, -0.2) is 28.4 Å². The lowest BCUT2D eigenvalue weighted by molar-refractivity contribution is -0.149. The third-order valence-corrected chi connectivity index (χ3v) is 9.78. The summed E-state index contributed by atoms with van der Waals surface area (Å²) in [5, 5.41) is 0. The van der Waals surface area contributed by atoms with Crippen LogP contribution in [-0.2, 0) is 28.7 Å². The van der Waals surface area contributed by atoms with Crippen molar-refractivity contribution in [2.75, 3.05) is 19.8 Å². The first-order valence-corrected chi connectivity index (χ1v) is 20.4. The molecule has 0 saturated carbocycles. The van der Waals surface area contributed by atoms with Crippen molar-refractivity contribution in [3.8, 4) is 45.3 Å². The largest absolute Gasteiger partial charge is 0.494 e. The molecule has 0 heterocycles. The maximum Gasteiger partial charge on any atom is 0.343 e. The van der Waals surface area contributed by atoms with Crippen LogP contribution in [0.3, 0.4) is 0 Å². The normalized spacial score (nSPS) is 11.0. The summed E-state index contributed by atoms with van der Waals surface area (Å²) in [6.45, 7) is 19.1. The van der Waals surface area contributed by atoms with Gasteiger partial charge >= 0.3 is 29.8 Å². The average molecular weight is 881 g/mol. The highest BCUT2D eigenvalue weighted by Gasteiger charge is 2.29. The van der Waals surface area contributed by atoms with Crippen molar-refractivity contribution in [1.29, 1.82) is 0 Å². The second kappa shape index (κ2) is 22.0. The Morgan fingerprint density at radius 1 is 0.615 bits per heavy atom. The van der Waals surface area contributed by atoms with Crippen molar-refractivity contribution in [3.05, 3.63) is 174 Å². The van der Waals surface area contributed by atoms with Crippen molar-refractivity contribution in [3.63, 3.8) is 0 Å². The number of aryl methyl sites for hydroxylation is 1. The van der Waals surface area contributed by atoms with Crippen molar-refractivity contribution in [1.82, 2.24) is 0 Å². The third kappa shape index (κ3) is 14.1. The van der Waals surface area contributed by atoms with E-state index in [2.05, 4.69) is 19.7 Å². The van der Waals surface area contributed by atoms with Crippen LogP contribution in [-0.4, -0.2) is 49.7 Å². The lowest BCUT2D eigenvalue weighted by atomic mass is 9.89. The molecule has 334 valence electrons. The molecule has 0 saturated heterocycles. The molecule has 0 amide bonds. The van der Waals surface area contributed by atoms with Gasteiger partial charge in [-0.05, 0) is 129 Å². The number of halogens is 1. The van der Waals surface area contributed by atoms with Crippen molar-refractivity contribution >= 4 is 35.9 Å². The van der Waals surface area contributed by atoms with Crippen LogP contribution in [0.15, 0.2) is 152 Å². The predicted octanol–water partition coefficient (Wildman–Crippen LogP) is 10.8. The van der Waals surface area contributed by atoms with Gasteiger partial charge in [0.15, 0.2) is 0 Å². The van der Waals surface area contributed by atoms with Crippen LogP contribution in [0.4, 0.5) is 4.39 Å². The molecule has 5 aromatic rings. The van der Waals surface area contributed by atoms with Crippen LogP contribution in [0.1, 0.15) is 55.6 Å². The molecule has 5 rings (SSSR count). The molecular formula is C53H49FO11. The Bertz CT molecular complexity index is 2610. The van der Waals surface area contributed by atoms with Gasteiger partial charge in [0.25, 0.3) is 0 Å². The summed E-state index contributed by atoms with van der Waals surface area (Å²) < 4.78 is 48.3. The first kappa shape index (κ1) is 48.2. The summed E-state index contributed by atoms with van der Waals surface area (Å²) in [5.41, 5.74) is 4.00. The van der Waals surface area contributed by atoms with Gasteiger partial charge in [-0.3, -0.25) is 0 Å². The lowest BCUT2D eigenvalue weighted by Crippen LogP contribution is -2.33. The van der Waals surface area contributed by atoms with Gasteiger partial charge in [0.1, 0.15) is 42.0 Å². The Kier molecular flexibility index (Phi) is 16.3. The van der Waals surface area contributed by atoms with Crippen molar-refractivity contribution < 1.29 is 56.8 Å².